The van der Waals surface area contributed by atoms with Gasteiger partial charge in [0.05, 0.1) is 23.1 Å². The molecule has 84 valence electrons. The van der Waals surface area contributed by atoms with Crippen molar-refractivity contribution in [2.75, 3.05) is 5.32 Å². The number of hydrogen-bond acceptors (Lipinski definition) is 5. The number of rotatable bonds is 4. The van der Waals surface area contributed by atoms with Crippen molar-refractivity contribution in [2.24, 2.45) is 5.73 Å². The first-order valence-electron chi connectivity index (χ1n) is 4.47. The molecule has 0 aliphatic carbocycles. The Morgan fingerprint density at radius 2 is 2.38 bits per heavy atom. The SMILES string of the molecule is C/C(N)=C(/C=N)Nc1cnccc1C(=O)O. The molecule has 16 heavy (non-hydrogen) atoms. The Morgan fingerprint density at radius 1 is 1.69 bits per heavy atom. The monoisotopic (exact) mass is 220 g/mol. The number of nitrogens with zero attached hydrogens (tertiary/aromatic N) is 1. The van der Waals surface area contributed by atoms with E-state index in [2.05, 4.69) is 10.3 Å². The van der Waals surface area contributed by atoms with E-state index >= 15 is 0 Å². The van der Waals surface area contributed by atoms with Gasteiger partial charge in [0.1, 0.15) is 0 Å². The number of nitrogens with one attached hydrogen (secondary N) is 2. The summed E-state index contributed by atoms with van der Waals surface area (Å²) in [7, 11) is 0. The highest BCUT2D eigenvalue weighted by molar-refractivity contribution is 5.95. The topological polar surface area (TPSA) is 112 Å². The highest BCUT2D eigenvalue weighted by Gasteiger charge is 2.10. The lowest BCUT2D eigenvalue weighted by Gasteiger charge is -2.10. The second kappa shape index (κ2) is 4.92. The maximum absolute atomic E-state index is 10.9. The number of nitrogens with two attached hydrogens (primary N) is 1. The molecule has 1 aromatic rings. The zero-order valence-electron chi connectivity index (χ0n) is 8.69. The number of carboxylic acids is 1. The Hall–Kier alpha value is -2.37. The van der Waals surface area contributed by atoms with Gasteiger partial charge in [-0.25, -0.2) is 4.79 Å². The third kappa shape index (κ3) is 2.57. The average Bonchev–Trinajstić information content (AvgIpc) is 2.25. The third-order valence-electron chi connectivity index (χ3n) is 1.89. The molecule has 0 aliphatic rings. The molecule has 0 aliphatic heterocycles. The quantitative estimate of drug-likeness (QED) is 0.566. The molecule has 0 fully saturated rings. The molecule has 0 bridgehead atoms. The number of pyridine rings is 1. The number of aromatic carboxylic acids is 1. The molecule has 5 N–H and O–H groups in total. The summed E-state index contributed by atoms with van der Waals surface area (Å²) in [5, 5.41) is 18.8. The van der Waals surface area contributed by atoms with E-state index in [4.69, 9.17) is 16.2 Å². The summed E-state index contributed by atoms with van der Waals surface area (Å²) in [5.41, 5.74) is 6.64. The molecule has 0 amide bonds. The predicted molar refractivity (Wildman–Crippen MR) is 60.5 cm³/mol. The van der Waals surface area contributed by atoms with Crippen molar-refractivity contribution in [1.82, 2.24) is 4.98 Å². The summed E-state index contributed by atoms with van der Waals surface area (Å²) < 4.78 is 0. The average molecular weight is 220 g/mol. The van der Waals surface area contributed by atoms with E-state index in [1.807, 2.05) is 0 Å². The highest BCUT2D eigenvalue weighted by Crippen LogP contribution is 2.15. The maximum atomic E-state index is 10.9. The van der Waals surface area contributed by atoms with Crippen LogP contribution in [0.5, 0.6) is 0 Å². The number of anilines is 1. The lowest BCUT2D eigenvalue weighted by Crippen LogP contribution is -2.11. The largest absolute Gasteiger partial charge is 0.478 e. The van der Waals surface area contributed by atoms with Crippen LogP contribution in [0.2, 0.25) is 0 Å². The van der Waals surface area contributed by atoms with Gasteiger partial charge in [0.2, 0.25) is 0 Å². The molecule has 0 saturated carbocycles. The predicted octanol–water partition coefficient (Wildman–Crippen LogP) is 1.03. The molecule has 0 unspecified atom stereocenters. The molecule has 1 rings (SSSR count). The van der Waals surface area contributed by atoms with E-state index in [1.54, 1.807) is 6.92 Å². The Bertz CT molecular complexity index is 450. The van der Waals surface area contributed by atoms with Crippen LogP contribution in [0, 0.1) is 5.41 Å². The molecule has 0 radical (unpaired) electrons. The summed E-state index contributed by atoms with van der Waals surface area (Å²) in [6.07, 6.45) is 3.78. The van der Waals surface area contributed by atoms with Crippen molar-refractivity contribution in [3.63, 3.8) is 0 Å². The van der Waals surface area contributed by atoms with E-state index < -0.39 is 5.97 Å². The lowest BCUT2D eigenvalue weighted by molar-refractivity contribution is 0.0698. The van der Waals surface area contributed by atoms with Gasteiger partial charge in [0.25, 0.3) is 0 Å². The minimum Gasteiger partial charge on any atom is -0.478 e. The van der Waals surface area contributed by atoms with Crippen molar-refractivity contribution in [2.45, 2.75) is 6.92 Å². The van der Waals surface area contributed by atoms with Gasteiger partial charge in [-0.3, -0.25) is 4.98 Å². The first-order valence-corrected chi connectivity index (χ1v) is 4.47. The molecule has 0 spiro atoms. The van der Waals surface area contributed by atoms with E-state index in [0.717, 1.165) is 6.21 Å². The molecular formula is C10H12N4O2. The molecule has 6 heteroatoms. The van der Waals surface area contributed by atoms with Crippen molar-refractivity contribution >= 4 is 17.9 Å². The second-order valence-corrected chi connectivity index (χ2v) is 3.09. The molecule has 0 atom stereocenters. The molecule has 0 aromatic carbocycles. The standard InChI is InChI=1S/C10H12N4O2/c1-6(12)8(4-11)14-9-5-13-3-2-7(9)10(15)16/h2-5,11,14H,12H2,1H3,(H,15,16)/b8-6+,11-4?. The number of aromatic nitrogens is 1. The Balaban J connectivity index is 3.11. The van der Waals surface area contributed by atoms with E-state index in [1.165, 1.54) is 18.5 Å². The second-order valence-electron chi connectivity index (χ2n) is 3.09. The Kier molecular flexibility index (Phi) is 3.60. The van der Waals surface area contributed by atoms with Crippen molar-refractivity contribution in [1.29, 1.82) is 5.41 Å². The fourth-order valence-electron chi connectivity index (χ4n) is 1.07. The smallest absolute Gasteiger partial charge is 0.337 e. The van der Waals surface area contributed by atoms with E-state index in [9.17, 15) is 4.79 Å². The number of allylic oxidation sites excluding steroid dienone is 2. The van der Waals surface area contributed by atoms with Crippen LogP contribution >= 0.6 is 0 Å². The van der Waals surface area contributed by atoms with Gasteiger partial charge in [0.15, 0.2) is 0 Å². The number of carbonyl (C=O) groups is 1. The van der Waals surface area contributed by atoms with Gasteiger partial charge in [-0.2, -0.15) is 0 Å². The molecule has 1 heterocycles. The first-order chi connectivity index (χ1) is 7.56. The van der Waals surface area contributed by atoms with Crippen LogP contribution in [0.15, 0.2) is 29.9 Å². The van der Waals surface area contributed by atoms with Gasteiger partial charge in [-0.1, -0.05) is 0 Å². The van der Waals surface area contributed by atoms with Crippen LogP contribution in [0.1, 0.15) is 17.3 Å². The summed E-state index contributed by atoms with van der Waals surface area (Å²) in [5.74, 6) is -1.07. The highest BCUT2D eigenvalue weighted by atomic mass is 16.4. The normalized spacial score (nSPS) is 11.6. The summed E-state index contributed by atoms with van der Waals surface area (Å²) >= 11 is 0. The molecular weight excluding hydrogens is 208 g/mol. The van der Waals surface area contributed by atoms with Gasteiger partial charge < -0.3 is 21.6 Å². The van der Waals surface area contributed by atoms with Crippen LogP contribution in [0.4, 0.5) is 5.69 Å². The van der Waals surface area contributed by atoms with E-state index in [-0.39, 0.29) is 5.56 Å². The van der Waals surface area contributed by atoms with E-state index in [0.29, 0.717) is 17.1 Å². The van der Waals surface area contributed by atoms with Crippen LogP contribution in [-0.2, 0) is 0 Å². The van der Waals surface area contributed by atoms with Gasteiger partial charge in [0, 0.05) is 18.1 Å². The summed E-state index contributed by atoms with van der Waals surface area (Å²) in [6.45, 7) is 1.62. The summed E-state index contributed by atoms with van der Waals surface area (Å²) in [6, 6.07) is 1.37. The number of hydrogen-bond donors (Lipinski definition) is 4. The van der Waals surface area contributed by atoms with Crippen molar-refractivity contribution in [3.05, 3.63) is 35.4 Å². The molecule has 0 saturated heterocycles. The maximum Gasteiger partial charge on any atom is 0.337 e. The van der Waals surface area contributed by atoms with Crippen LogP contribution in [-0.4, -0.2) is 22.3 Å². The number of carboxylic acid groups (broad SMARTS) is 1. The third-order valence-corrected chi connectivity index (χ3v) is 1.89. The van der Waals surface area contributed by atoms with Gasteiger partial charge in [-0.15, -0.1) is 0 Å². The van der Waals surface area contributed by atoms with Crippen LogP contribution in [0.25, 0.3) is 0 Å². The zero-order valence-corrected chi connectivity index (χ0v) is 8.69. The van der Waals surface area contributed by atoms with Crippen molar-refractivity contribution in [3.8, 4) is 0 Å². The lowest BCUT2D eigenvalue weighted by atomic mass is 10.2. The Morgan fingerprint density at radius 3 is 2.88 bits per heavy atom. The molecule has 1 aromatic heterocycles. The zero-order chi connectivity index (χ0) is 12.1. The van der Waals surface area contributed by atoms with Gasteiger partial charge >= 0.3 is 5.97 Å². The minimum atomic E-state index is -1.07. The minimum absolute atomic E-state index is 0.0793. The Labute approximate surface area is 92.3 Å². The molecule has 6 nitrogen and oxygen atoms in total. The van der Waals surface area contributed by atoms with Crippen LogP contribution < -0.4 is 11.1 Å². The summed E-state index contributed by atoms with van der Waals surface area (Å²) in [4.78, 5) is 14.7. The fraction of sp³-hybridized carbons (Fsp3) is 0.100. The first kappa shape index (κ1) is 11.7. The van der Waals surface area contributed by atoms with Gasteiger partial charge in [-0.05, 0) is 13.0 Å². The van der Waals surface area contributed by atoms with Crippen molar-refractivity contribution < 1.29 is 9.90 Å². The fourth-order valence-corrected chi connectivity index (χ4v) is 1.07. The van der Waals surface area contributed by atoms with Crippen LogP contribution in [0.3, 0.4) is 0 Å².